The van der Waals surface area contributed by atoms with Gasteiger partial charge in [-0.25, -0.2) is 0 Å². The van der Waals surface area contributed by atoms with Crippen LogP contribution in [0.25, 0.3) is 0 Å². The highest BCUT2D eigenvalue weighted by atomic mass is 35.5. The van der Waals surface area contributed by atoms with Crippen LogP contribution in [0.5, 0.6) is 11.5 Å². The Balaban J connectivity index is 3.32. The molecule has 0 aliphatic rings. The van der Waals surface area contributed by atoms with Gasteiger partial charge < -0.3 is 8.92 Å². The summed E-state index contributed by atoms with van der Waals surface area (Å²) in [6, 6.07) is 2.62. The largest absolute Gasteiger partial charge is 0.493 e. The second kappa shape index (κ2) is 4.71. The minimum absolute atomic E-state index is 0.00752. The Bertz CT molecular complexity index is 509. The van der Waals surface area contributed by atoms with Crippen molar-refractivity contribution < 1.29 is 22.1 Å². The molecule has 0 bridgehead atoms. The zero-order valence-electron chi connectivity index (χ0n) is 8.56. The van der Waals surface area contributed by atoms with Gasteiger partial charge in [-0.2, -0.15) is 8.42 Å². The van der Waals surface area contributed by atoms with Crippen LogP contribution in [0.2, 0.25) is 5.02 Å². The fraction of sp³-hybridized carbons (Fsp3) is 0.222. The van der Waals surface area contributed by atoms with E-state index < -0.39 is 10.1 Å². The zero-order valence-corrected chi connectivity index (χ0v) is 10.1. The Hall–Kier alpha value is -1.27. The van der Waals surface area contributed by atoms with Crippen LogP contribution in [-0.4, -0.2) is 28.1 Å². The van der Waals surface area contributed by atoms with Crippen LogP contribution in [0.1, 0.15) is 10.4 Å². The first kappa shape index (κ1) is 12.8. The fourth-order valence-electron chi connectivity index (χ4n) is 1.04. The molecule has 0 N–H and O–H groups in total. The summed E-state index contributed by atoms with van der Waals surface area (Å²) in [5, 5.41) is -0.00752. The lowest BCUT2D eigenvalue weighted by molar-refractivity contribution is 0.112. The minimum atomic E-state index is -3.70. The number of benzene rings is 1. The van der Waals surface area contributed by atoms with Crippen molar-refractivity contribution in [1.29, 1.82) is 0 Å². The molecule has 0 aliphatic heterocycles. The van der Waals surface area contributed by atoms with Gasteiger partial charge in [0.2, 0.25) is 5.75 Å². The number of halogens is 1. The second-order valence-corrected chi connectivity index (χ2v) is 4.92. The summed E-state index contributed by atoms with van der Waals surface area (Å²) in [5.74, 6) is -0.0442. The van der Waals surface area contributed by atoms with Gasteiger partial charge in [0, 0.05) is 5.56 Å². The van der Waals surface area contributed by atoms with E-state index in [1.54, 1.807) is 0 Å². The van der Waals surface area contributed by atoms with Crippen LogP contribution < -0.4 is 8.92 Å². The quantitative estimate of drug-likeness (QED) is 0.609. The van der Waals surface area contributed by atoms with Crippen molar-refractivity contribution in [2.75, 3.05) is 13.4 Å². The van der Waals surface area contributed by atoms with Crippen LogP contribution in [0.15, 0.2) is 12.1 Å². The molecule has 1 aromatic rings. The van der Waals surface area contributed by atoms with E-state index in [9.17, 15) is 13.2 Å². The molecular weight excluding hydrogens is 256 g/mol. The molecule has 1 aromatic carbocycles. The lowest BCUT2D eigenvalue weighted by Gasteiger charge is -2.10. The van der Waals surface area contributed by atoms with Gasteiger partial charge in [-0.1, -0.05) is 11.6 Å². The van der Waals surface area contributed by atoms with Gasteiger partial charge in [0.05, 0.1) is 18.4 Å². The Morgan fingerprint density at radius 3 is 2.44 bits per heavy atom. The van der Waals surface area contributed by atoms with Crippen molar-refractivity contribution in [3.05, 3.63) is 22.7 Å². The van der Waals surface area contributed by atoms with Gasteiger partial charge >= 0.3 is 10.1 Å². The van der Waals surface area contributed by atoms with Crippen molar-refractivity contribution in [3.63, 3.8) is 0 Å². The number of rotatable bonds is 4. The number of carbonyl (C=O) groups is 1. The molecule has 0 aliphatic carbocycles. The smallest absolute Gasteiger partial charge is 0.306 e. The molecule has 0 unspecified atom stereocenters. The van der Waals surface area contributed by atoms with Crippen LogP contribution in [0.3, 0.4) is 0 Å². The van der Waals surface area contributed by atoms with Crippen molar-refractivity contribution in [2.24, 2.45) is 0 Å². The average molecular weight is 265 g/mol. The number of ether oxygens (including phenoxy) is 1. The van der Waals surface area contributed by atoms with Crippen LogP contribution >= 0.6 is 11.6 Å². The average Bonchev–Trinajstić information content (AvgIpc) is 2.19. The van der Waals surface area contributed by atoms with Crippen molar-refractivity contribution in [3.8, 4) is 11.5 Å². The van der Waals surface area contributed by atoms with Gasteiger partial charge in [-0.3, -0.25) is 4.79 Å². The molecule has 0 saturated heterocycles. The third kappa shape index (κ3) is 3.11. The highest BCUT2D eigenvalue weighted by Crippen LogP contribution is 2.36. The Labute approximate surface area is 98.1 Å². The summed E-state index contributed by atoms with van der Waals surface area (Å²) < 4.78 is 31.5. The third-order valence-electron chi connectivity index (χ3n) is 1.62. The van der Waals surface area contributed by atoms with Crippen LogP contribution in [0, 0.1) is 0 Å². The van der Waals surface area contributed by atoms with E-state index in [1.807, 2.05) is 0 Å². The van der Waals surface area contributed by atoms with E-state index in [4.69, 9.17) is 16.3 Å². The molecule has 0 spiro atoms. The molecule has 0 atom stereocenters. The molecule has 88 valence electrons. The standard InChI is InChI=1S/C9H9ClO5S/c1-14-8-4-6(5-11)3-7(10)9(8)15-16(2,12)13/h3-5H,1-2H3. The van der Waals surface area contributed by atoms with Crippen LogP contribution in [-0.2, 0) is 10.1 Å². The minimum Gasteiger partial charge on any atom is -0.493 e. The van der Waals surface area contributed by atoms with E-state index in [0.717, 1.165) is 6.26 Å². The maximum Gasteiger partial charge on any atom is 0.306 e. The number of methoxy groups -OCH3 is 1. The maximum atomic E-state index is 11.0. The molecule has 0 aromatic heterocycles. The van der Waals surface area contributed by atoms with Gasteiger partial charge in [-0.05, 0) is 12.1 Å². The Kier molecular flexibility index (Phi) is 3.77. The molecule has 7 heteroatoms. The number of hydrogen-bond donors (Lipinski definition) is 0. The summed E-state index contributed by atoms with van der Waals surface area (Å²) in [7, 11) is -2.39. The van der Waals surface area contributed by atoms with E-state index in [2.05, 4.69) is 4.18 Å². The third-order valence-corrected chi connectivity index (χ3v) is 2.37. The van der Waals surface area contributed by atoms with Crippen molar-refractivity contribution >= 4 is 28.0 Å². The van der Waals surface area contributed by atoms with Gasteiger partial charge in [0.1, 0.15) is 6.29 Å². The molecule has 0 heterocycles. The molecule has 1 rings (SSSR count). The molecule has 5 nitrogen and oxygen atoms in total. The van der Waals surface area contributed by atoms with Crippen molar-refractivity contribution in [2.45, 2.75) is 0 Å². The normalized spacial score (nSPS) is 10.9. The first-order valence-electron chi connectivity index (χ1n) is 4.09. The molecule has 0 amide bonds. The predicted molar refractivity (Wildman–Crippen MR) is 58.9 cm³/mol. The maximum absolute atomic E-state index is 11.0. The molecule has 0 saturated carbocycles. The lowest BCUT2D eigenvalue weighted by atomic mass is 10.2. The molecule has 0 radical (unpaired) electrons. The highest BCUT2D eigenvalue weighted by molar-refractivity contribution is 7.86. The van der Waals surface area contributed by atoms with Crippen LogP contribution in [0.4, 0.5) is 0 Å². The van der Waals surface area contributed by atoms with E-state index in [0.29, 0.717) is 6.29 Å². The summed E-state index contributed by atoms with van der Waals surface area (Å²) >= 11 is 5.77. The molecule has 0 fully saturated rings. The highest BCUT2D eigenvalue weighted by Gasteiger charge is 2.16. The SMILES string of the molecule is COc1cc(C=O)cc(Cl)c1OS(C)(=O)=O. The fourth-order valence-corrected chi connectivity index (χ4v) is 1.82. The summed E-state index contributed by atoms with van der Waals surface area (Å²) in [4.78, 5) is 10.6. The Morgan fingerprint density at radius 1 is 1.38 bits per heavy atom. The van der Waals surface area contributed by atoms with E-state index in [-0.39, 0.29) is 22.1 Å². The zero-order chi connectivity index (χ0) is 12.3. The Morgan fingerprint density at radius 2 is 2.00 bits per heavy atom. The summed E-state index contributed by atoms with van der Waals surface area (Å²) in [5.41, 5.74) is 0.266. The van der Waals surface area contributed by atoms with E-state index in [1.165, 1.54) is 19.2 Å². The van der Waals surface area contributed by atoms with Crippen molar-refractivity contribution in [1.82, 2.24) is 0 Å². The van der Waals surface area contributed by atoms with Gasteiger partial charge in [0.25, 0.3) is 0 Å². The first-order valence-corrected chi connectivity index (χ1v) is 6.29. The number of carbonyl (C=O) groups excluding carboxylic acids is 1. The van der Waals surface area contributed by atoms with E-state index >= 15 is 0 Å². The summed E-state index contributed by atoms with van der Waals surface area (Å²) in [6.07, 6.45) is 1.45. The lowest BCUT2D eigenvalue weighted by Crippen LogP contribution is -2.07. The number of hydrogen-bond acceptors (Lipinski definition) is 5. The molecule has 16 heavy (non-hydrogen) atoms. The number of aldehydes is 1. The predicted octanol–water partition coefficient (Wildman–Crippen LogP) is 1.50. The van der Waals surface area contributed by atoms with Gasteiger partial charge in [0.15, 0.2) is 5.75 Å². The first-order chi connectivity index (χ1) is 7.37. The monoisotopic (exact) mass is 264 g/mol. The second-order valence-electron chi connectivity index (χ2n) is 2.94. The van der Waals surface area contributed by atoms with Gasteiger partial charge in [-0.15, -0.1) is 0 Å². The summed E-state index contributed by atoms with van der Waals surface area (Å²) in [6.45, 7) is 0. The topological polar surface area (TPSA) is 69.7 Å². The molecular formula is C9H9ClO5S.